The van der Waals surface area contributed by atoms with E-state index in [0.29, 0.717) is 12.8 Å². The van der Waals surface area contributed by atoms with Gasteiger partial charge in [0.25, 0.3) is 0 Å². The summed E-state index contributed by atoms with van der Waals surface area (Å²) in [6.45, 7) is 4.93. The molecule has 0 radical (unpaired) electrons. The summed E-state index contributed by atoms with van der Waals surface area (Å²) in [5.74, 6) is -0.698. The molecular formula is C14H18O5. The van der Waals surface area contributed by atoms with Gasteiger partial charge in [0, 0.05) is 13.3 Å². The molecule has 1 saturated heterocycles. The minimum absolute atomic E-state index is 0.298. The van der Waals surface area contributed by atoms with Crippen molar-refractivity contribution in [1.82, 2.24) is 0 Å². The van der Waals surface area contributed by atoms with Gasteiger partial charge in [-0.25, -0.2) is 0 Å². The van der Waals surface area contributed by atoms with Crippen LogP contribution >= 0.6 is 0 Å². The number of fused-ring (bicyclic) bond motifs is 2. The highest BCUT2D eigenvalue weighted by molar-refractivity contribution is 5.70. The minimum Gasteiger partial charge on any atom is -0.455 e. The van der Waals surface area contributed by atoms with Gasteiger partial charge in [-0.2, -0.15) is 0 Å². The van der Waals surface area contributed by atoms with E-state index in [0.717, 1.165) is 6.42 Å². The average Bonchev–Trinajstić information content (AvgIpc) is 2.92. The molecule has 0 saturated carbocycles. The van der Waals surface area contributed by atoms with Gasteiger partial charge >= 0.3 is 11.9 Å². The van der Waals surface area contributed by atoms with Crippen molar-refractivity contribution in [2.75, 3.05) is 0 Å². The average molecular weight is 266 g/mol. The van der Waals surface area contributed by atoms with Gasteiger partial charge in [0.05, 0.1) is 0 Å². The van der Waals surface area contributed by atoms with Gasteiger partial charge < -0.3 is 14.2 Å². The van der Waals surface area contributed by atoms with Crippen LogP contribution in [-0.2, 0) is 23.8 Å². The number of carbonyl (C=O) groups excluding carboxylic acids is 2. The van der Waals surface area contributed by atoms with Crippen LogP contribution in [0.25, 0.3) is 0 Å². The summed E-state index contributed by atoms with van der Waals surface area (Å²) < 4.78 is 16.1. The van der Waals surface area contributed by atoms with Crippen molar-refractivity contribution in [3.05, 3.63) is 24.8 Å². The van der Waals surface area contributed by atoms with Crippen LogP contribution in [0.4, 0.5) is 0 Å². The fourth-order valence-electron chi connectivity index (χ4n) is 2.30. The van der Waals surface area contributed by atoms with Crippen LogP contribution in [-0.4, -0.2) is 36.4 Å². The van der Waals surface area contributed by atoms with Crippen molar-refractivity contribution >= 4 is 11.9 Å². The van der Waals surface area contributed by atoms with Crippen LogP contribution < -0.4 is 0 Å². The van der Waals surface area contributed by atoms with Crippen molar-refractivity contribution in [3.8, 4) is 0 Å². The number of allylic oxidation sites excluding steroid dienone is 1. The maximum atomic E-state index is 11.7. The highest BCUT2D eigenvalue weighted by Crippen LogP contribution is 2.33. The number of hydrogen-bond acceptors (Lipinski definition) is 5. The third kappa shape index (κ3) is 3.23. The van der Waals surface area contributed by atoms with Crippen molar-refractivity contribution < 1.29 is 23.8 Å². The molecule has 2 heterocycles. The monoisotopic (exact) mass is 266 g/mol. The molecule has 0 N–H and O–H groups in total. The molecule has 0 spiro atoms. The van der Waals surface area contributed by atoms with E-state index in [9.17, 15) is 9.59 Å². The summed E-state index contributed by atoms with van der Waals surface area (Å²) in [7, 11) is 0. The zero-order chi connectivity index (χ0) is 13.8. The number of carbonyl (C=O) groups is 2. The molecule has 2 aliphatic heterocycles. The Labute approximate surface area is 112 Å². The molecule has 19 heavy (non-hydrogen) atoms. The normalized spacial score (nSPS) is 31.2. The van der Waals surface area contributed by atoms with Gasteiger partial charge in [0.15, 0.2) is 12.2 Å². The predicted molar refractivity (Wildman–Crippen MR) is 67.3 cm³/mol. The second-order valence-electron chi connectivity index (χ2n) is 4.66. The molecule has 0 aliphatic carbocycles. The topological polar surface area (TPSA) is 61.8 Å². The molecule has 0 amide bonds. The van der Waals surface area contributed by atoms with Gasteiger partial charge in [-0.15, -0.1) is 6.58 Å². The molecule has 5 nitrogen and oxygen atoms in total. The Hall–Kier alpha value is -1.62. The minimum atomic E-state index is -0.532. The van der Waals surface area contributed by atoms with Crippen LogP contribution in [0.1, 0.15) is 26.2 Å². The lowest BCUT2D eigenvalue weighted by atomic mass is 10.0. The maximum Gasteiger partial charge on any atom is 0.306 e. The van der Waals surface area contributed by atoms with E-state index in [4.69, 9.17) is 14.2 Å². The number of rotatable bonds is 6. The first kappa shape index (κ1) is 13.8. The summed E-state index contributed by atoms with van der Waals surface area (Å²) >= 11 is 0. The SMILES string of the molecule is C=CCCCC(=O)O[C@@H]1[C@H](OC(C)=O)[C@@H]2C=C[C@H]1O2. The Morgan fingerprint density at radius 3 is 2.47 bits per heavy atom. The van der Waals surface area contributed by atoms with Crippen LogP contribution in [0.15, 0.2) is 24.8 Å². The molecule has 2 aliphatic rings. The summed E-state index contributed by atoms with van der Waals surface area (Å²) in [5, 5.41) is 0. The number of esters is 2. The van der Waals surface area contributed by atoms with Gasteiger partial charge in [-0.1, -0.05) is 18.2 Å². The Balaban J connectivity index is 1.90. The van der Waals surface area contributed by atoms with E-state index in [-0.39, 0.29) is 18.2 Å². The van der Waals surface area contributed by atoms with Crippen molar-refractivity contribution in [2.24, 2.45) is 0 Å². The Kier molecular flexibility index (Phi) is 4.37. The van der Waals surface area contributed by atoms with E-state index in [2.05, 4.69) is 6.58 Å². The third-order valence-corrected chi connectivity index (χ3v) is 3.13. The molecular weight excluding hydrogens is 248 g/mol. The summed E-state index contributed by atoms with van der Waals surface area (Å²) in [6.07, 6.45) is 5.57. The summed E-state index contributed by atoms with van der Waals surface area (Å²) in [4.78, 5) is 22.8. The van der Waals surface area contributed by atoms with Crippen molar-refractivity contribution in [2.45, 2.75) is 50.6 Å². The number of ether oxygens (including phenoxy) is 3. The lowest BCUT2D eigenvalue weighted by Crippen LogP contribution is -2.41. The molecule has 2 rings (SSSR count). The number of hydrogen-bond donors (Lipinski definition) is 0. The Bertz CT molecular complexity index is 401. The zero-order valence-electron chi connectivity index (χ0n) is 10.9. The maximum absolute atomic E-state index is 11.7. The van der Waals surface area contributed by atoms with Gasteiger partial charge in [0.2, 0.25) is 0 Å². The third-order valence-electron chi connectivity index (χ3n) is 3.13. The molecule has 2 bridgehead atoms. The smallest absolute Gasteiger partial charge is 0.306 e. The molecule has 104 valence electrons. The van der Waals surface area contributed by atoms with Gasteiger partial charge in [-0.05, 0) is 12.8 Å². The summed E-state index contributed by atoms with van der Waals surface area (Å²) in [5.41, 5.74) is 0. The fraction of sp³-hybridized carbons (Fsp3) is 0.571. The molecule has 0 aromatic heterocycles. The lowest BCUT2D eigenvalue weighted by Gasteiger charge is -2.24. The van der Waals surface area contributed by atoms with E-state index >= 15 is 0 Å². The number of unbranched alkanes of at least 4 members (excludes halogenated alkanes) is 1. The second kappa shape index (κ2) is 6.02. The molecule has 5 heteroatoms. The highest BCUT2D eigenvalue weighted by Gasteiger charge is 2.50. The van der Waals surface area contributed by atoms with Crippen LogP contribution in [0.3, 0.4) is 0 Å². The molecule has 0 aromatic rings. The quantitative estimate of drug-likeness (QED) is 0.414. The van der Waals surface area contributed by atoms with Crippen LogP contribution in [0.2, 0.25) is 0 Å². The highest BCUT2D eigenvalue weighted by atomic mass is 16.6. The predicted octanol–water partition coefficient (Wildman–Crippen LogP) is 1.52. The van der Waals surface area contributed by atoms with Gasteiger partial charge in [-0.3, -0.25) is 9.59 Å². The molecule has 0 unspecified atom stereocenters. The van der Waals surface area contributed by atoms with E-state index < -0.39 is 18.2 Å². The zero-order valence-corrected chi connectivity index (χ0v) is 10.9. The van der Waals surface area contributed by atoms with E-state index in [1.165, 1.54) is 6.92 Å². The van der Waals surface area contributed by atoms with Crippen LogP contribution in [0, 0.1) is 0 Å². The Morgan fingerprint density at radius 2 is 1.89 bits per heavy atom. The van der Waals surface area contributed by atoms with Crippen LogP contribution in [0.5, 0.6) is 0 Å². The molecule has 1 fully saturated rings. The molecule has 4 atom stereocenters. The van der Waals surface area contributed by atoms with Crippen molar-refractivity contribution in [3.63, 3.8) is 0 Å². The Morgan fingerprint density at radius 1 is 1.26 bits per heavy atom. The fourth-order valence-corrected chi connectivity index (χ4v) is 2.30. The summed E-state index contributed by atoms with van der Waals surface area (Å²) in [6, 6.07) is 0. The van der Waals surface area contributed by atoms with Crippen molar-refractivity contribution in [1.29, 1.82) is 0 Å². The largest absolute Gasteiger partial charge is 0.455 e. The first-order chi connectivity index (χ1) is 9.11. The standard InChI is InChI=1S/C14H18O5/c1-3-4-5-6-12(16)19-14-11-8-7-10(18-11)13(14)17-9(2)15/h3,7-8,10-11,13-14H,1,4-6H2,2H3/t10-,11+,13+,14-/m0/s1. The van der Waals surface area contributed by atoms with E-state index in [1.54, 1.807) is 6.08 Å². The first-order valence-corrected chi connectivity index (χ1v) is 6.43. The molecule has 0 aromatic carbocycles. The van der Waals surface area contributed by atoms with Gasteiger partial charge in [0.1, 0.15) is 12.2 Å². The lowest BCUT2D eigenvalue weighted by molar-refractivity contribution is -0.164. The first-order valence-electron chi connectivity index (χ1n) is 6.43. The van der Waals surface area contributed by atoms with E-state index in [1.807, 2.05) is 12.2 Å². The second-order valence-corrected chi connectivity index (χ2v) is 4.66.